The maximum absolute atomic E-state index is 12.2. The molecule has 0 saturated carbocycles. The molecule has 1 aliphatic heterocycles. The van der Waals surface area contributed by atoms with Crippen molar-refractivity contribution in [3.05, 3.63) is 0 Å². The van der Waals surface area contributed by atoms with Gasteiger partial charge in [-0.05, 0) is 19.4 Å². The van der Waals surface area contributed by atoms with E-state index in [2.05, 4.69) is 5.32 Å². The zero-order chi connectivity index (χ0) is 14.4. The molecule has 1 fully saturated rings. The van der Waals surface area contributed by atoms with Crippen LogP contribution in [0, 0.1) is 0 Å². The normalized spacial score (nSPS) is 21.3. The summed E-state index contributed by atoms with van der Waals surface area (Å²) in [6.45, 7) is 3.89. The molecule has 6 heteroatoms. The van der Waals surface area contributed by atoms with E-state index in [0.717, 1.165) is 19.4 Å². The van der Waals surface area contributed by atoms with Gasteiger partial charge in [0.05, 0.1) is 5.60 Å². The predicted molar refractivity (Wildman–Crippen MR) is 67.2 cm³/mol. The van der Waals surface area contributed by atoms with E-state index in [9.17, 15) is 13.2 Å². The highest BCUT2D eigenvalue weighted by Crippen LogP contribution is 2.32. The SMILES string of the molecule is CCNC(CCCC(F)(F)F)C1(OC)CCOCC1. The molecule has 1 atom stereocenters. The molecule has 0 aliphatic carbocycles. The molecule has 19 heavy (non-hydrogen) atoms. The van der Waals surface area contributed by atoms with Crippen LogP contribution in [0.4, 0.5) is 13.2 Å². The van der Waals surface area contributed by atoms with Crippen molar-refractivity contribution in [2.24, 2.45) is 0 Å². The summed E-state index contributed by atoms with van der Waals surface area (Å²) in [4.78, 5) is 0. The van der Waals surface area contributed by atoms with Gasteiger partial charge in [-0.25, -0.2) is 0 Å². The first-order valence-electron chi connectivity index (χ1n) is 6.86. The van der Waals surface area contributed by atoms with Gasteiger partial charge in [0.25, 0.3) is 0 Å². The molecule has 1 N–H and O–H groups in total. The first kappa shape index (κ1) is 16.7. The van der Waals surface area contributed by atoms with Crippen LogP contribution in [-0.2, 0) is 9.47 Å². The van der Waals surface area contributed by atoms with Gasteiger partial charge in [-0.2, -0.15) is 13.2 Å². The lowest BCUT2D eigenvalue weighted by molar-refractivity contribution is -0.139. The van der Waals surface area contributed by atoms with Gasteiger partial charge in [0.15, 0.2) is 0 Å². The van der Waals surface area contributed by atoms with Gasteiger partial charge < -0.3 is 14.8 Å². The molecule has 0 amide bonds. The summed E-state index contributed by atoms with van der Waals surface area (Å²) < 4.78 is 47.7. The van der Waals surface area contributed by atoms with E-state index < -0.39 is 12.6 Å². The monoisotopic (exact) mass is 283 g/mol. The summed E-state index contributed by atoms with van der Waals surface area (Å²) in [5.74, 6) is 0. The lowest BCUT2D eigenvalue weighted by Gasteiger charge is -2.42. The maximum atomic E-state index is 12.2. The average Bonchev–Trinajstić information content (AvgIpc) is 2.37. The molecule has 0 spiro atoms. The zero-order valence-corrected chi connectivity index (χ0v) is 11.7. The quantitative estimate of drug-likeness (QED) is 0.779. The van der Waals surface area contributed by atoms with Crippen molar-refractivity contribution >= 4 is 0 Å². The molecule has 1 heterocycles. The second-order valence-corrected chi connectivity index (χ2v) is 5.00. The topological polar surface area (TPSA) is 30.5 Å². The first-order chi connectivity index (χ1) is 8.93. The fraction of sp³-hybridized carbons (Fsp3) is 1.00. The van der Waals surface area contributed by atoms with Gasteiger partial charge in [0.1, 0.15) is 0 Å². The highest BCUT2D eigenvalue weighted by Gasteiger charge is 2.40. The number of likely N-dealkylation sites (N-methyl/N-ethyl adjacent to an activating group) is 1. The Morgan fingerprint density at radius 3 is 2.42 bits per heavy atom. The van der Waals surface area contributed by atoms with Crippen LogP contribution in [0.1, 0.15) is 39.0 Å². The lowest BCUT2D eigenvalue weighted by Crippen LogP contribution is -2.55. The molecule has 0 aromatic carbocycles. The molecule has 0 bridgehead atoms. The van der Waals surface area contributed by atoms with E-state index >= 15 is 0 Å². The minimum atomic E-state index is -4.08. The molecule has 1 rings (SSSR count). The van der Waals surface area contributed by atoms with Crippen LogP contribution in [0.2, 0.25) is 0 Å². The lowest BCUT2D eigenvalue weighted by atomic mass is 9.83. The van der Waals surface area contributed by atoms with Crippen LogP contribution < -0.4 is 5.32 Å². The summed E-state index contributed by atoms with van der Waals surface area (Å²) in [6, 6.07) is -0.0475. The highest BCUT2D eigenvalue weighted by molar-refractivity contribution is 4.94. The Balaban J connectivity index is 2.58. The largest absolute Gasteiger partial charge is 0.389 e. The van der Waals surface area contributed by atoms with Crippen molar-refractivity contribution in [2.45, 2.75) is 56.8 Å². The van der Waals surface area contributed by atoms with Crippen molar-refractivity contribution in [1.29, 1.82) is 0 Å². The van der Waals surface area contributed by atoms with E-state index in [0.29, 0.717) is 19.6 Å². The molecule has 0 aromatic rings. The Bertz CT molecular complexity index is 253. The molecular weight excluding hydrogens is 259 g/mol. The molecule has 0 radical (unpaired) electrons. The third-order valence-electron chi connectivity index (χ3n) is 3.78. The zero-order valence-electron chi connectivity index (χ0n) is 11.7. The summed E-state index contributed by atoms with van der Waals surface area (Å²) >= 11 is 0. The molecule has 1 unspecified atom stereocenters. The Labute approximate surface area is 112 Å². The fourth-order valence-electron chi connectivity index (χ4n) is 2.72. The first-order valence-corrected chi connectivity index (χ1v) is 6.86. The van der Waals surface area contributed by atoms with E-state index in [1.807, 2.05) is 6.92 Å². The smallest absolute Gasteiger partial charge is 0.381 e. The number of alkyl halides is 3. The van der Waals surface area contributed by atoms with Crippen molar-refractivity contribution in [3.63, 3.8) is 0 Å². The van der Waals surface area contributed by atoms with Crippen LogP contribution in [0.25, 0.3) is 0 Å². The average molecular weight is 283 g/mol. The van der Waals surface area contributed by atoms with E-state index in [4.69, 9.17) is 9.47 Å². The second kappa shape index (κ2) is 7.45. The van der Waals surface area contributed by atoms with Gasteiger partial charge in [-0.1, -0.05) is 6.92 Å². The molecule has 3 nitrogen and oxygen atoms in total. The van der Waals surface area contributed by atoms with Gasteiger partial charge >= 0.3 is 6.18 Å². The highest BCUT2D eigenvalue weighted by atomic mass is 19.4. The number of hydrogen-bond donors (Lipinski definition) is 1. The standard InChI is InChI=1S/C13H24F3NO2/c1-3-17-11(5-4-6-13(14,15)16)12(18-2)7-9-19-10-8-12/h11,17H,3-10H2,1-2H3. The third kappa shape index (κ3) is 5.28. The summed E-state index contributed by atoms with van der Waals surface area (Å²) in [7, 11) is 1.64. The Morgan fingerprint density at radius 2 is 1.95 bits per heavy atom. The number of ether oxygens (including phenoxy) is 2. The molecule has 0 aromatic heterocycles. The van der Waals surface area contributed by atoms with Gasteiger partial charge in [0.2, 0.25) is 0 Å². The van der Waals surface area contributed by atoms with Gasteiger partial charge in [-0.15, -0.1) is 0 Å². The summed E-state index contributed by atoms with van der Waals surface area (Å²) in [5, 5.41) is 3.28. The van der Waals surface area contributed by atoms with Crippen LogP contribution >= 0.6 is 0 Å². The van der Waals surface area contributed by atoms with Crippen LogP contribution in [-0.4, -0.2) is 44.7 Å². The van der Waals surface area contributed by atoms with Crippen LogP contribution in [0.5, 0.6) is 0 Å². The molecule has 1 aliphatic rings. The number of hydrogen-bond acceptors (Lipinski definition) is 3. The fourth-order valence-corrected chi connectivity index (χ4v) is 2.72. The second-order valence-electron chi connectivity index (χ2n) is 5.00. The van der Waals surface area contributed by atoms with Gasteiger partial charge in [0, 0.05) is 45.6 Å². The van der Waals surface area contributed by atoms with Gasteiger partial charge in [-0.3, -0.25) is 0 Å². The van der Waals surface area contributed by atoms with Crippen molar-refractivity contribution in [3.8, 4) is 0 Å². The predicted octanol–water partition coefficient (Wildman–Crippen LogP) is 2.89. The summed E-state index contributed by atoms with van der Waals surface area (Å²) in [5.41, 5.74) is -0.389. The van der Waals surface area contributed by atoms with Crippen molar-refractivity contribution in [1.82, 2.24) is 5.32 Å². The van der Waals surface area contributed by atoms with Crippen molar-refractivity contribution in [2.75, 3.05) is 26.9 Å². The van der Waals surface area contributed by atoms with Crippen molar-refractivity contribution < 1.29 is 22.6 Å². The summed E-state index contributed by atoms with van der Waals surface area (Å²) in [6.07, 6.45) is -2.74. The third-order valence-corrected chi connectivity index (χ3v) is 3.78. The molecule has 114 valence electrons. The number of halogens is 3. The minimum absolute atomic E-state index is 0.0475. The van der Waals surface area contributed by atoms with Crippen LogP contribution in [0.3, 0.4) is 0 Å². The Morgan fingerprint density at radius 1 is 1.32 bits per heavy atom. The number of methoxy groups -OCH3 is 1. The maximum Gasteiger partial charge on any atom is 0.389 e. The Hall–Kier alpha value is -0.330. The van der Waals surface area contributed by atoms with E-state index in [1.54, 1.807) is 7.11 Å². The number of rotatable bonds is 7. The molecular formula is C13H24F3NO2. The van der Waals surface area contributed by atoms with E-state index in [-0.39, 0.29) is 18.1 Å². The minimum Gasteiger partial charge on any atom is -0.381 e. The van der Waals surface area contributed by atoms with E-state index in [1.165, 1.54) is 0 Å². The number of nitrogens with one attached hydrogen (secondary N) is 1. The molecule has 1 saturated heterocycles. The van der Waals surface area contributed by atoms with Crippen LogP contribution in [0.15, 0.2) is 0 Å². The Kier molecular flexibility index (Phi) is 6.56.